The lowest BCUT2D eigenvalue weighted by molar-refractivity contribution is -0.130. The van der Waals surface area contributed by atoms with Crippen molar-refractivity contribution >= 4 is 47.1 Å². The van der Waals surface area contributed by atoms with E-state index in [2.05, 4.69) is 5.32 Å². The Balaban J connectivity index is 1.62. The van der Waals surface area contributed by atoms with Crippen LogP contribution >= 0.6 is 23.2 Å². The molecule has 0 atom stereocenters. The third-order valence-electron chi connectivity index (χ3n) is 5.83. The fourth-order valence-electron chi connectivity index (χ4n) is 3.94. The highest BCUT2D eigenvalue weighted by Gasteiger charge is 2.36. The number of nitrogens with zero attached hydrogens (tertiary/aromatic N) is 1. The van der Waals surface area contributed by atoms with Gasteiger partial charge in [0, 0.05) is 10.6 Å². The summed E-state index contributed by atoms with van der Waals surface area (Å²) in [7, 11) is 1.49. The lowest BCUT2D eigenvalue weighted by atomic mass is 10.1. The number of ether oxygens (including phenoxy) is 3. The molecule has 1 heterocycles. The van der Waals surface area contributed by atoms with Crippen LogP contribution in [-0.4, -0.2) is 36.5 Å². The zero-order chi connectivity index (χ0) is 28.8. The Hall–Kier alpha value is -4.08. The first-order valence-electron chi connectivity index (χ1n) is 12.2. The van der Waals surface area contributed by atoms with Crippen LogP contribution in [-0.2, 0) is 22.7 Å². The second-order valence-corrected chi connectivity index (χ2v) is 9.61. The van der Waals surface area contributed by atoms with Crippen molar-refractivity contribution in [3.8, 4) is 17.2 Å². The van der Waals surface area contributed by atoms with Crippen LogP contribution in [0.15, 0.2) is 60.2 Å². The molecule has 208 valence electrons. The zero-order valence-electron chi connectivity index (χ0n) is 21.6. The number of imide groups is 2. The van der Waals surface area contributed by atoms with Gasteiger partial charge in [-0.05, 0) is 60.0 Å². The molecular weight excluding hydrogens is 562 g/mol. The number of hydrogen-bond donors (Lipinski definition) is 1. The Labute approximate surface area is 240 Å². The van der Waals surface area contributed by atoms with Gasteiger partial charge in [-0.3, -0.25) is 19.8 Å². The number of urea groups is 1. The summed E-state index contributed by atoms with van der Waals surface area (Å²) in [5.41, 5.74) is 1.00. The molecule has 11 heteroatoms. The van der Waals surface area contributed by atoms with Crippen molar-refractivity contribution < 1.29 is 33.0 Å². The molecule has 0 aliphatic carbocycles. The van der Waals surface area contributed by atoms with E-state index in [9.17, 15) is 18.8 Å². The predicted molar refractivity (Wildman–Crippen MR) is 148 cm³/mol. The molecular formula is C29H25Cl2FN2O6. The molecule has 8 nitrogen and oxygen atoms in total. The highest BCUT2D eigenvalue weighted by Crippen LogP contribution is 2.35. The fourth-order valence-corrected chi connectivity index (χ4v) is 4.50. The molecule has 1 saturated heterocycles. The number of hydrogen-bond acceptors (Lipinski definition) is 6. The van der Waals surface area contributed by atoms with Crippen LogP contribution in [0.25, 0.3) is 6.08 Å². The zero-order valence-corrected chi connectivity index (χ0v) is 23.1. The highest BCUT2D eigenvalue weighted by atomic mass is 35.5. The maximum Gasteiger partial charge on any atom is 0.331 e. The Morgan fingerprint density at radius 2 is 1.77 bits per heavy atom. The topological polar surface area (TPSA) is 94.2 Å². The first-order chi connectivity index (χ1) is 19.2. The van der Waals surface area contributed by atoms with Gasteiger partial charge in [0.1, 0.15) is 23.7 Å². The van der Waals surface area contributed by atoms with E-state index in [4.69, 9.17) is 37.4 Å². The van der Waals surface area contributed by atoms with E-state index in [1.54, 1.807) is 30.3 Å². The number of nitrogens with one attached hydrogen (secondary N) is 1. The molecule has 0 spiro atoms. The van der Waals surface area contributed by atoms with Gasteiger partial charge in [-0.25, -0.2) is 9.18 Å². The average molecular weight is 587 g/mol. The third kappa shape index (κ3) is 6.73. The van der Waals surface area contributed by atoms with Gasteiger partial charge in [0.15, 0.2) is 11.5 Å². The SMILES string of the molecule is CCCOc1ccc(CN2C(=O)NC(=O)/C(=C\c3cc(Cl)cc(Cl)c3OCc3cccc(F)c3)C2=O)cc1OC. The molecule has 3 aromatic carbocycles. The van der Waals surface area contributed by atoms with Gasteiger partial charge >= 0.3 is 6.03 Å². The van der Waals surface area contributed by atoms with Crippen molar-refractivity contribution in [2.75, 3.05) is 13.7 Å². The number of carbonyl (C=O) groups is 3. The molecule has 4 amide bonds. The van der Waals surface area contributed by atoms with Crippen molar-refractivity contribution in [2.24, 2.45) is 0 Å². The fraction of sp³-hybridized carbons (Fsp3) is 0.207. The molecule has 0 bridgehead atoms. The van der Waals surface area contributed by atoms with E-state index in [1.807, 2.05) is 6.92 Å². The Morgan fingerprint density at radius 1 is 0.975 bits per heavy atom. The van der Waals surface area contributed by atoms with Crippen LogP contribution in [0.1, 0.15) is 30.0 Å². The number of rotatable bonds is 10. The van der Waals surface area contributed by atoms with Crippen molar-refractivity contribution in [3.05, 3.63) is 92.7 Å². The summed E-state index contributed by atoms with van der Waals surface area (Å²) in [5, 5.41) is 2.53. The van der Waals surface area contributed by atoms with Crippen LogP contribution < -0.4 is 19.5 Å². The maximum atomic E-state index is 13.6. The molecule has 1 aliphatic rings. The van der Waals surface area contributed by atoms with E-state index in [-0.39, 0.29) is 40.1 Å². The van der Waals surface area contributed by atoms with E-state index < -0.39 is 23.7 Å². The van der Waals surface area contributed by atoms with Crippen LogP contribution in [0.3, 0.4) is 0 Å². The van der Waals surface area contributed by atoms with E-state index in [1.165, 1.54) is 37.5 Å². The van der Waals surface area contributed by atoms with Crippen molar-refractivity contribution in [1.82, 2.24) is 10.2 Å². The normalized spacial score (nSPS) is 14.4. The number of barbiturate groups is 1. The number of benzene rings is 3. The van der Waals surface area contributed by atoms with Gasteiger partial charge in [-0.15, -0.1) is 0 Å². The van der Waals surface area contributed by atoms with Gasteiger partial charge in [0.05, 0.1) is 25.3 Å². The Morgan fingerprint density at radius 3 is 2.50 bits per heavy atom. The minimum absolute atomic E-state index is 0.0418. The summed E-state index contributed by atoms with van der Waals surface area (Å²) in [5.74, 6) is -1.05. The van der Waals surface area contributed by atoms with Gasteiger partial charge in [0.25, 0.3) is 11.8 Å². The minimum Gasteiger partial charge on any atom is -0.493 e. The van der Waals surface area contributed by atoms with Crippen LogP contribution in [0.2, 0.25) is 10.0 Å². The first-order valence-corrected chi connectivity index (χ1v) is 13.0. The van der Waals surface area contributed by atoms with Crippen LogP contribution in [0, 0.1) is 5.82 Å². The van der Waals surface area contributed by atoms with Gasteiger partial charge in [0.2, 0.25) is 0 Å². The summed E-state index contributed by atoms with van der Waals surface area (Å²) in [6.45, 7) is 2.30. The van der Waals surface area contributed by atoms with Crippen molar-refractivity contribution in [3.63, 3.8) is 0 Å². The number of amides is 4. The second-order valence-electron chi connectivity index (χ2n) is 8.77. The summed E-state index contributed by atoms with van der Waals surface area (Å²) >= 11 is 12.6. The van der Waals surface area contributed by atoms with Crippen molar-refractivity contribution in [2.45, 2.75) is 26.5 Å². The third-order valence-corrected chi connectivity index (χ3v) is 6.32. The van der Waals surface area contributed by atoms with Gasteiger partial charge in [-0.2, -0.15) is 0 Å². The molecule has 3 aromatic rings. The first kappa shape index (κ1) is 28.9. The second kappa shape index (κ2) is 12.8. The van der Waals surface area contributed by atoms with Crippen LogP contribution in [0.5, 0.6) is 17.2 Å². The maximum absolute atomic E-state index is 13.6. The Bertz CT molecular complexity index is 1490. The molecule has 0 radical (unpaired) electrons. The summed E-state index contributed by atoms with van der Waals surface area (Å²) in [6, 6.07) is 12.9. The molecule has 1 fully saturated rings. The van der Waals surface area contributed by atoms with Crippen molar-refractivity contribution in [1.29, 1.82) is 0 Å². The molecule has 4 rings (SSSR count). The van der Waals surface area contributed by atoms with Gasteiger partial charge in [-0.1, -0.05) is 48.3 Å². The van der Waals surface area contributed by atoms with E-state index in [0.29, 0.717) is 29.2 Å². The standard InChI is InChI=1S/C29H25Cl2FN2O6/c1-3-9-39-24-8-7-17(11-25(24)38-2)15-34-28(36)22(27(35)33-29(34)37)13-19-12-20(30)14-23(31)26(19)40-16-18-5-4-6-21(32)10-18/h4-8,10-14H,3,9,15-16H2,1-2H3,(H,33,35,37)/b22-13+. The summed E-state index contributed by atoms with van der Waals surface area (Å²) < 4.78 is 30.5. The van der Waals surface area contributed by atoms with E-state index >= 15 is 0 Å². The molecule has 0 aromatic heterocycles. The lowest BCUT2D eigenvalue weighted by Crippen LogP contribution is -2.53. The number of halogens is 3. The largest absolute Gasteiger partial charge is 0.493 e. The minimum atomic E-state index is -0.890. The number of methoxy groups -OCH3 is 1. The monoisotopic (exact) mass is 586 g/mol. The van der Waals surface area contributed by atoms with E-state index in [0.717, 1.165) is 11.3 Å². The highest BCUT2D eigenvalue weighted by molar-refractivity contribution is 6.36. The molecule has 0 unspecified atom stereocenters. The smallest absolute Gasteiger partial charge is 0.331 e. The number of carbonyl (C=O) groups excluding carboxylic acids is 3. The summed E-state index contributed by atoms with van der Waals surface area (Å²) in [4.78, 5) is 39.6. The Kier molecular flexibility index (Phi) is 9.29. The predicted octanol–water partition coefficient (Wildman–Crippen LogP) is 6.17. The van der Waals surface area contributed by atoms with Crippen LogP contribution in [0.4, 0.5) is 9.18 Å². The average Bonchev–Trinajstić information content (AvgIpc) is 2.91. The lowest BCUT2D eigenvalue weighted by Gasteiger charge is -2.27. The molecule has 1 N–H and O–H groups in total. The molecule has 40 heavy (non-hydrogen) atoms. The van der Waals surface area contributed by atoms with Gasteiger partial charge < -0.3 is 14.2 Å². The molecule has 0 saturated carbocycles. The molecule has 1 aliphatic heterocycles. The quantitative estimate of drug-likeness (QED) is 0.225. The summed E-state index contributed by atoms with van der Waals surface area (Å²) in [6.07, 6.45) is 2.06.